The Morgan fingerprint density at radius 3 is 2.92 bits per heavy atom. The van der Waals surface area contributed by atoms with Gasteiger partial charge >= 0.3 is 0 Å². The van der Waals surface area contributed by atoms with Crippen molar-refractivity contribution >= 4 is 0 Å². The fraction of sp³-hybridized carbons (Fsp3) is 0.571. The highest BCUT2D eigenvalue weighted by Crippen LogP contribution is 2.02. The van der Waals surface area contributed by atoms with E-state index in [4.69, 9.17) is 5.26 Å². The average molecular weight is 168 g/mol. The van der Waals surface area contributed by atoms with Gasteiger partial charge in [0.05, 0.1) is 0 Å². The van der Waals surface area contributed by atoms with Crippen molar-refractivity contribution < 1.29 is 4.39 Å². The van der Waals surface area contributed by atoms with Crippen LogP contribution in [0.25, 0.3) is 0 Å². The molecule has 0 atom stereocenters. The molecule has 0 amide bonds. The highest BCUT2D eigenvalue weighted by molar-refractivity contribution is 5.15. The zero-order valence-corrected chi connectivity index (χ0v) is 6.79. The van der Waals surface area contributed by atoms with Crippen molar-refractivity contribution in [3.63, 3.8) is 0 Å². The Hall–Kier alpha value is -1.44. The maximum Gasteiger partial charge on any atom is 0.250 e. The lowest BCUT2D eigenvalue weighted by atomic mass is 10.3. The van der Waals surface area contributed by atoms with Crippen LogP contribution in [0.1, 0.15) is 25.5 Å². The molecule has 0 aliphatic heterocycles. The third kappa shape index (κ3) is 1.59. The average Bonchev–Trinajstić information content (AvgIpc) is 2.43. The van der Waals surface area contributed by atoms with E-state index in [-0.39, 0.29) is 5.69 Å². The molecular formula is C7H9FN4. The van der Waals surface area contributed by atoms with Crippen LogP contribution in [0.5, 0.6) is 0 Å². The number of rotatable bonds is 3. The molecule has 64 valence electrons. The van der Waals surface area contributed by atoms with E-state index in [0.29, 0.717) is 6.54 Å². The van der Waals surface area contributed by atoms with Gasteiger partial charge in [0.2, 0.25) is 11.6 Å². The van der Waals surface area contributed by atoms with Gasteiger partial charge in [-0.25, -0.2) is 4.68 Å². The lowest BCUT2D eigenvalue weighted by molar-refractivity contribution is 0.438. The first-order valence-electron chi connectivity index (χ1n) is 3.78. The van der Waals surface area contributed by atoms with Crippen molar-refractivity contribution in [3.8, 4) is 6.07 Å². The summed E-state index contributed by atoms with van der Waals surface area (Å²) in [5.74, 6) is -0.633. The van der Waals surface area contributed by atoms with Crippen molar-refractivity contribution in [3.05, 3.63) is 11.6 Å². The summed E-state index contributed by atoms with van der Waals surface area (Å²) in [6.45, 7) is 2.48. The molecule has 1 aromatic heterocycles. The molecule has 12 heavy (non-hydrogen) atoms. The molecule has 0 N–H and O–H groups in total. The largest absolute Gasteiger partial charge is 0.250 e. The van der Waals surface area contributed by atoms with Gasteiger partial charge in [0.1, 0.15) is 6.07 Å². The van der Waals surface area contributed by atoms with E-state index in [2.05, 4.69) is 10.3 Å². The van der Waals surface area contributed by atoms with E-state index in [9.17, 15) is 4.39 Å². The second kappa shape index (κ2) is 3.81. The normalized spacial score (nSPS) is 9.75. The standard InChI is InChI=1S/C7H9FN4/c1-2-3-4-12-7(8)6(5-9)10-11-12/h2-4H2,1H3. The first-order valence-corrected chi connectivity index (χ1v) is 3.78. The molecule has 1 rings (SSSR count). The predicted octanol–water partition coefficient (Wildman–Crippen LogP) is 1.09. The number of nitriles is 1. The topological polar surface area (TPSA) is 54.5 Å². The van der Waals surface area contributed by atoms with Gasteiger partial charge in [0, 0.05) is 6.54 Å². The molecule has 0 bridgehead atoms. The lowest BCUT2D eigenvalue weighted by Crippen LogP contribution is -2.03. The van der Waals surface area contributed by atoms with Crippen LogP contribution in [0.2, 0.25) is 0 Å². The zero-order valence-electron chi connectivity index (χ0n) is 6.79. The van der Waals surface area contributed by atoms with E-state index in [1.165, 1.54) is 0 Å². The summed E-state index contributed by atoms with van der Waals surface area (Å²) in [5.41, 5.74) is -0.230. The molecular weight excluding hydrogens is 159 g/mol. The van der Waals surface area contributed by atoms with Crippen molar-refractivity contribution in [2.75, 3.05) is 0 Å². The molecule has 4 nitrogen and oxygen atoms in total. The second-order valence-corrected chi connectivity index (χ2v) is 2.42. The summed E-state index contributed by atoms with van der Waals surface area (Å²) in [6, 6.07) is 1.62. The summed E-state index contributed by atoms with van der Waals surface area (Å²) < 4.78 is 14.1. The predicted molar refractivity (Wildman–Crippen MR) is 39.6 cm³/mol. The quantitative estimate of drug-likeness (QED) is 0.678. The number of aromatic nitrogens is 3. The lowest BCUT2D eigenvalue weighted by Gasteiger charge is -1.96. The van der Waals surface area contributed by atoms with E-state index < -0.39 is 5.95 Å². The molecule has 0 fully saturated rings. The van der Waals surface area contributed by atoms with E-state index in [0.717, 1.165) is 17.5 Å². The van der Waals surface area contributed by atoms with E-state index in [1.54, 1.807) is 6.07 Å². The molecule has 0 saturated heterocycles. The third-order valence-corrected chi connectivity index (χ3v) is 1.50. The van der Waals surface area contributed by atoms with Crippen LogP contribution in [-0.4, -0.2) is 15.0 Å². The number of aryl methyl sites for hydroxylation is 1. The SMILES string of the molecule is CCCCn1nnc(C#N)c1F. The van der Waals surface area contributed by atoms with Crippen LogP contribution < -0.4 is 0 Å². The highest BCUT2D eigenvalue weighted by Gasteiger charge is 2.10. The van der Waals surface area contributed by atoms with Gasteiger partial charge in [-0.3, -0.25) is 0 Å². The molecule has 0 spiro atoms. The molecule has 0 aliphatic rings. The van der Waals surface area contributed by atoms with Crippen LogP contribution in [0.3, 0.4) is 0 Å². The van der Waals surface area contributed by atoms with Crippen LogP contribution in [0.4, 0.5) is 4.39 Å². The summed E-state index contributed by atoms with van der Waals surface area (Å²) in [4.78, 5) is 0. The number of nitrogens with zero attached hydrogens (tertiary/aromatic N) is 4. The van der Waals surface area contributed by atoms with Gasteiger partial charge in [-0.2, -0.15) is 9.65 Å². The van der Waals surface area contributed by atoms with Crippen molar-refractivity contribution in [1.82, 2.24) is 15.0 Å². The maximum atomic E-state index is 13.0. The molecule has 0 radical (unpaired) electrons. The Balaban J connectivity index is 2.75. The molecule has 0 saturated carbocycles. The first-order chi connectivity index (χ1) is 5.79. The smallest absolute Gasteiger partial charge is 0.218 e. The first kappa shape index (κ1) is 8.65. The summed E-state index contributed by atoms with van der Waals surface area (Å²) in [6.07, 6.45) is 1.80. The van der Waals surface area contributed by atoms with Gasteiger partial charge in [-0.1, -0.05) is 18.6 Å². The Morgan fingerprint density at radius 2 is 2.42 bits per heavy atom. The van der Waals surface area contributed by atoms with Crippen molar-refractivity contribution in [2.24, 2.45) is 0 Å². The van der Waals surface area contributed by atoms with Crippen LogP contribution in [0, 0.1) is 17.3 Å². The van der Waals surface area contributed by atoms with Crippen LogP contribution in [-0.2, 0) is 6.54 Å². The summed E-state index contributed by atoms with van der Waals surface area (Å²) in [5, 5.41) is 15.2. The Morgan fingerprint density at radius 1 is 1.67 bits per heavy atom. The third-order valence-electron chi connectivity index (χ3n) is 1.50. The molecule has 5 heteroatoms. The minimum Gasteiger partial charge on any atom is -0.218 e. The fourth-order valence-corrected chi connectivity index (χ4v) is 0.821. The Bertz CT molecular complexity index is 299. The molecule has 0 aliphatic carbocycles. The summed E-state index contributed by atoms with van der Waals surface area (Å²) >= 11 is 0. The van der Waals surface area contributed by atoms with Gasteiger partial charge in [-0.15, -0.1) is 5.10 Å². The molecule has 1 aromatic rings. The van der Waals surface area contributed by atoms with Gasteiger partial charge in [0.15, 0.2) is 0 Å². The maximum absolute atomic E-state index is 13.0. The number of hydrogen-bond donors (Lipinski definition) is 0. The van der Waals surface area contributed by atoms with Crippen molar-refractivity contribution in [1.29, 1.82) is 5.26 Å². The number of unbranched alkanes of at least 4 members (excludes halogenated alkanes) is 1. The summed E-state index contributed by atoms with van der Waals surface area (Å²) in [7, 11) is 0. The zero-order chi connectivity index (χ0) is 8.97. The highest BCUT2D eigenvalue weighted by atomic mass is 19.1. The van der Waals surface area contributed by atoms with E-state index in [1.807, 2.05) is 6.92 Å². The molecule has 1 heterocycles. The monoisotopic (exact) mass is 168 g/mol. The number of halogens is 1. The van der Waals surface area contributed by atoms with Crippen molar-refractivity contribution in [2.45, 2.75) is 26.3 Å². The minimum atomic E-state index is -0.633. The van der Waals surface area contributed by atoms with Crippen LogP contribution >= 0.6 is 0 Å². The Kier molecular flexibility index (Phi) is 2.75. The fourth-order valence-electron chi connectivity index (χ4n) is 0.821. The van der Waals surface area contributed by atoms with Gasteiger partial charge < -0.3 is 0 Å². The second-order valence-electron chi connectivity index (χ2n) is 2.42. The van der Waals surface area contributed by atoms with Gasteiger partial charge in [-0.05, 0) is 6.42 Å². The Labute approximate surface area is 69.6 Å². The van der Waals surface area contributed by atoms with Crippen LogP contribution in [0.15, 0.2) is 0 Å². The van der Waals surface area contributed by atoms with E-state index >= 15 is 0 Å². The minimum absolute atomic E-state index is 0.230. The molecule has 0 unspecified atom stereocenters. The van der Waals surface area contributed by atoms with Gasteiger partial charge in [0.25, 0.3) is 0 Å². The number of hydrogen-bond acceptors (Lipinski definition) is 3. The molecule has 0 aromatic carbocycles.